The number of carboxylic acid groups (broad SMARTS) is 1. The Bertz CT molecular complexity index is 628. The fourth-order valence-corrected chi connectivity index (χ4v) is 1.82. The summed E-state index contributed by atoms with van der Waals surface area (Å²) in [6.45, 7) is 0.245. The fraction of sp³-hybridized carbons (Fsp3) is 0.0833. The number of nitrogens with one attached hydrogen (secondary N) is 3. The molecule has 0 bridgehead atoms. The molecule has 2 aromatic rings. The molecule has 2 amide bonds. The molecule has 0 aliphatic heterocycles. The first-order valence-corrected chi connectivity index (χ1v) is 5.99. The second-order valence-electron chi connectivity index (χ2n) is 3.85. The third-order valence-electron chi connectivity index (χ3n) is 2.47. The molecular formula is C12H11ClN4O3. The molecule has 7 nitrogen and oxygen atoms in total. The van der Waals surface area contributed by atoms with Crippen molar-refractivity contribution >= 4 is 29.3 Å². The second kappa shape index (κ2) is 6.07. The normalized spacial score (nSPS) is 10.1. The van der Waals surface area contributed by atoms with E-state index in [1.165, 1.54) is 18.5 Å². The van der Waals surface area contributed by atoms with Gasteiger partial charge in [0, 0.05) is 6.20 Å². The topological polar surface area (TPSA) is 107 Å². The standard InChI is InChI=1S/C12H11ClN4O3/c13-8-2-1-3-9(10(8)11(18)19)17-12(20)15-5-7-4-14-6-16-7/h1-4,6H,5H2,(H,14,16)(H,18,19)(H2,15,17,20). The molecule has 104 valence electrons. The number of H-pyrrole nitrogens is 1. The molecule has 0 spiro atoms. The third kappa shape index (κ3) is 3.27. The molecule has 0 fully saturated rings. The van der Waals surface area contributed by atoms with Crippen molar-refractivity contribution < 1.29 is 14.7 Å². The summed E-state index contributed by atoms with van der Waals surface area (Å²) < 4.78 is 0. The number of aromatic amines is 1. The number of nitrogens with zero attached hydrogens (tertiary/aromatic N) is 1. The van der Waals surface area contributed by atoms with Crippen LogP contribution in [0.1, 0.15) is 16.1 Å². The van der Waals surface area contributed by atoms with Crippen LogP contribution in [-0.2, 0) is 6.54 Å². The van der Waals surface area contributed by atoms with Crippen molar-refractivity contribution in [3.05, 3.63) is 47.0 Å². The average molecular weight is 295 g/mol. The lowest BCUT2D eigenvalue weighted by atomic mass is 10.2. The number of benzene rings is 1. The van der Waals surface area contributed by atoms with Crippen molar-refractivity contribution in [3.63, 3.8) is 0 Å². The first-order chi connectivity index (χ1) is 9.58. The molecule has 1 aromatic carbocycles. The summed E-state index contributed by atoms with van der Waals surface area (Å²) >= 11 is 5.80. The minimum absolute atomic E-state index is 0.0591. The number of imidazole rings is 1. The van der Waals surface area contributed by atoms with Crippen LogP contribution in [0.2, 0.25) is 5.02 Å². The number of carboxylic acids is 1. The van der Waals surface area contributed by atoms with Crippen LogP contribution < -0.4 is 10.6 Å². The van der Waals surface area contributed by atoms with Crippen LogP contribution in [0.4, 0.5) is 10.5 Å². The Hall–Kier alpha value is -2.54. The zero-order valence-corrected chi connectivity index (χ0v) is 10.9. The summed E-state index contributed by atoms with van der Waals surface area (Å²) in [5.74, 6) is -1.21. The van der Waals surface area contributed by atoms with Gasteiger partial charge in [0.15, 0.2) is 0 Å². The number of carbonyl (C=O) groups excluding carboxylic acids is 1. The molecule has 0 aliphatic carbocycles. The second-order valence-corrected chi connectivity index (χ2v) is 4.26. The van der Waals surface area contributed by atoms with Gasteiger partial charge in [-0.05, 0) is 12.1 Å². The number of hydrogen-bond acceptors (Lipinski definition) is 3. The number of anilines is 1. The first-order valence-electron chi connectivity index (χ1n) is 5.62. The minimum Gasteiger partial charge on any atom is -0.478 e. The van der Waals surface area contributed by atoms with E-state index in [-0.39, 0.29) is 22.8 Å². The molecular weight excluding hydrogens is 284 g/mol. The summed E-state index contributed by atoms with van der Waals surface area (Å²) in [7, 11) is 0. The number of aromatic nitrogens is 2. The number of urea groups is 1. The summed E-state index contributed by atoms with van der Waals surface area (Å²) in [6, 6.07) is 3.92. The Morgan fingerprint density at radius 1 is 1.40 bits per heavy atom. The van der Waals surface area contributed by atoms with Gasteiger partial charge in [-0.15, -0.1) is 0 Å². The summed E-state index contributed by atoms with van der Waals surface area (Å²) in [5, 5.41) is 14.1. The molecule has 0 aliphatic rings. The van der Waals surface area contributed by atoms with E-state index >= 15 is 0 Å². The quantitative estimate of drug-likeness (QED) is 0.692. The van der Waals surface area contributed by atoms with Gasteiger partial charge in [0.1, 0.15) is 5.56 Å². The Morgan fingerprint density at radius 2 is 2.20 bits per heavy atom. The Labute approximate surface area is 119 Å². The molecule has 20 heavy (non-hydrogen) atoms. The van der Waals surface area contributed by atoms with E-state index in [1.807, 2.05) is 0 Å². The monoisotopic (exact) mass is 294 g/mol. The lowest BCUT2D eigenvalue weighted by Crippen LogP contribution is -2.29. The molecule has 1 aromatic heterocycles. The average Bonchev–Trinajstić information content (AvgIpc) is 2.89. The van der Waals surface area contributed by atoms with Crippen LogP contribution in [0, 0.1) is 0 Å². The van der Waals surface area contributed by atoms with Crippen LogP contribution in [-0.4, -0.2) is 27.1 Å². The number of aromatic carboxylic acids is 1. The maximum absolute atomic E-state index is 11.7. The van der Waals surface area contributed by atoms with Gasteiger partial charge in [0.05, 0.1) is 29.3 Å². The summed E-state index contributed by atoms with van der Waals surface area (Å²) in [4.78, 5) is 29.4. The van der Waals surface area contributed by atoms with Crippen molar-refractivity contribution in [2.75, 3.05) is 5.32 Å². The van der Waals surface area contributed by atoms with Crippen LogP contribution in [0.3, 0.4) is 0 Å². The molecule has 8 heteroatoms. The number of rotatable bonds is 4. The highest BCUT2D eigenvalue weighted by atomic mass is 35.5. The van der Waals surface area contributed by atoms with Gasteiger partial charge >= 0.3 is 12.0 Å². The number of amides is 2. The highest BCUT2D eigenvalue weighted by Gasteiger charge is 2.15. The van der Waals surface area contributed by atoms with Crippen LogP contribution in [0.5, 0.6) is 0 Å². The van der Waals surface area contributed by atoms with E-state index in [0.29, 0.717) is 0 Å². The number of hydrogen-bond donors (Lipinski definition) is 4. The molecule has 0 radical (unpaired) electrons. The Morgan fingerprint density at radius 3 is 2.85 bits per heavy atom. The summed E-state index contributed by atoms with van der Waals surface area (Å²) in [5.41, 5.74) is 0.711. The van der Waals surface area contributed by atoms with Crippen molar-refractivity contribution in [1.82, 2.24) is 15.3 Å². The van der Waals surface area contributed by atoms with E-state index < -0.39 is 12.0 Å². The van der Waals surface area contributed by atoms with Gasteiger partial charge in [-0.25, -0.2) is 14.6 Å². The van der Waals surface area contributed by atoms with E-state index in [4.69, 9.17) is 16.7 Å². The smallest absolute Gasteiger partial charge is 0.339 e. The van der Waals surface area contributed by atoms with Gasteiger partial charge < -0.3 is 20.7 Å². The van der Waals surface area contributed by atoms with Crippen molar-refractivity contribution in [2.24, 2.45) is 0 Å². The number of carbonyl (C=O) groups is 2. The van der Waals surface area contributed by atoms with E-state index in [1.54, 1.807) is 12.3 Å². The first kappa shape index (κ1) is 13.9. The van der Waals surface area contributed by atoms with E-state index in [0.717, 1.165) is 5.69 Å². The summed E-state index contributed by atoms with van der Waals surface area (Å²) in [6.07, 6.45) is 3.07. The molecule has 0 unspecified atom stereocenters. The zero-order valence-electron chi connectivity index (χ0n) is 10.2. The molecule has 4 N–H and O–H groups in total. The lowest BCUT2D eigenvalue weighted by molar-refractivity contribution is 0.0698. The van der Waals surface area contributed by atoms with Gasteiger partial charge in [-0.3, -0.25) is 0 Å². The molecule has 0 atom stereocenters. The van der Waals surface area contributed by atoms with E-state index in [9.17, 15) is 9.59 Å². The SMILES string of the molecule is O=C(NCc1cnc[nH]1)Nc1cccc(Cl)c1C(=O)O. The predicted octanol–water partition coefficient (Wildman–Crippen LogP) is 2.08. The highest BCUT2D eigenvalue weighted by Crippen LogP contribution is 2.24. The van der Waals surface area contributed by atoms with Gasteiger partial charge in [0.2, 0.25) is 0 Å². The zero-order chi connectivity index (χ0) is 14.5. The van der Waals surface area contributed by atoms with Gasteiger partial charge in [-0.1, -0.05) is 17.7 Å². The van der Waals surface area contributed by atoms with Crippen molar-refractivity contribution in [1.29, 1.82) is 0 Å². The van der Waals surface area contributed by atoms with Crippen LogP contribution in [0.25, 0.3) is 0 Å². The molecule has 0 saturated carbocycles. The largest absolute Gasteiger partial charge is 0.478 e. The van der Waals surface area contributed by atoms with E-state index in [2.05, 4.69) is 20.6 Å². The Balaban J connectivity index is 2.04. The maximum Gasteiger partial charge on any atom is 0.339 e. The van der Waals surface area contributed by atoms with Gasteiger partial charge in [0.25, 0.3) is 0 Å². The Kier molecular flexibility index (Phi) is 4.21. The van der Waals surface area contributed by atoms with Crippen LogP contribution >= 0.6 is 11.6 Å². The molecule has 2 rings (SSSR count). The third-order valence-corrected chi connectivity index (χ3v) is 2.78. The van der Waals surface area contributed by atoms with Crippen LogP contribution in [0.15, 0.2) is 30.7 Å². The van der Waals surface area contributed by atoms with Crippen molar-refractivity contribution in [2.45, 2.75) is 6.54 Å². The molecule has 1 heterocycles. The highest BCUT2D eigenvalue weighted by molar-refractivity contribution is 6.34. The molecule has 0 saturated heterocycles. The minimum atomic E-state index is -1.21. The predicted molar refractivity (Wildman–Crippen MR) is 72.9 cm³/mol. The van der Waals surface area contributed by atoms with Gasteiger partial charge in [-0.2, -0.15) is 0 Å². The number of halogens is 1. The maximum atomic E-state index is 11.7. The lowest BCUT2D eigenvalue weighted by Gasteiger charge is -2.10. The fourth-order valence-electron chi connectivity index (χ4n) is 1.57. The van der Waals surface area contributed by atoms with Crippen molar-refractivity contribution in [3.8, 4) is 0 Å².